The van der Waals surface area contributed by atoms with Crippen LogP contribution in [-0.4, -0.2) is 16.1 Å². The third kappa shape index (κ3) is 4.12. The second kappa shape index (κ2) is 8.16. The Morgan fingerprint density at radius 1 is 1.10 bits per heavy atom. The first-order valence-corrected chi connectivity index (χ1v) is 9.22. The normalized spacial score (nSPS) is 10.9. The van der Waals surface area contributed by atoms with Gasteiger partial charge in [0.25, 0.3) is 0 Å². The molecule has 0 radical (unpaired) electrons. The number of fused-ring (bicyclic) bond motifs is 1. The fraction of sp³-hybridized carbons (Fsp3) is 0.130. The summed E-state index contributed by atoms with van der Waals surface area (Å²) in [6.07, 6.45) is 3.04. The second-order valence-corrected chi connectivity index (χ2v) is 6.69. The summed E-state index contributed by atoms with van der Waals surface area (Å²) in [4.78, 5) is 15.2. The van der Waals surface area contributed by atoms with Gasteiger partial charge < -0.3 is 20.0 Å². The monoisotopic (exact) mass is 388 g/mol. The van der Waals surface area contributed by atoms with Gasteiger partial charge in [-0.2, -0.15) is 0 Å². The number of furan rings is 1. The van der Waals surface area contributed by atoms with Gasteiger partial charge in [0.05, 0.1) is 18.4 Å². The van der Waals surface area contributed by atoms with E-state index in [1.807, 2.05) is 42.5 Å². The Bertz CT molecular complexity index is 1170. The fourth-order valence-corrected chi connectivity index (χ4v) is 3.30. The fourth-order valence-electron chi connectivity index (χ4n) is 3.30. The number of hydrogen-bond donors (Lipinski definition) is 2. The SMILES string of the molecule is NCc1cccc(-c2cc(COc3cccnc3CC(=O)O)cc3ccoc23)c1. The van der Waals surface area contributed by atoms with Crippen molar-refractivity contribution in [2.45, 2.75) is 19.6 Å². The molecular weight excluding hydrogens is 368 g/mol. The molecule has 0 atom stereocenters. The van der Waals surface area contributed by atoms with E-state index in [0.717, 1.165) is 33.2 Å². The van der Waals surface area contributed by atoms with Crippen molar-refractivity contribution in [2.75, 3.05) is 0 Å². The van der Waals surface area contributed by atoms with Gasteiger partial charge in [0.15, 0.2) is 0 Å². The predicted molar refractivity (Wildman–Crippen MR) is 109 cm³/mol. The molecule has 0 unspecified atom stereocenters. The Balaban J connectivity index is 1.67. The number of nitrogens with zero attached hydrogens (tertiary/aromatic N) is 1. The Hall–Kier alpha value is -3.64. The number of pyridine rings is 1. The minimum Gasteiger partial charge on any atom is -0.487 e. The molecule has 0 bridgehead atoms. The molecule has 0 spiro atoms. The molecule has 6 heteroatoms. The number of aliphatic carboxylic acids is 1. The van der Waals surface area contributed by atoms with E-state index in [0.29, 0.717) is 18.0 Å². The Morgan fingerprint density at radius 3 is 2.83 bits per heavy atom. The molecule has 146 valence electrons. The summed E-state index contributed by atoms with van der Waals surface area (Å²) in [7, 11) is 0. The summed E-state index contributed by atoms with van der Waals surface area (Å²) in [5.41, 5.74) is 10.9. The molecule has 2 aromatic heterocycles. The van der Waals surface area contributed by atoms with E-state index in [1.165, 1.54) is 0 Å². The smallest absolute Gasteiger partial charge is 0.309 e. The maximum Gasteiger partial charge on any atom is 0.309 e. The highest BCUT2D eigenvalue weighted by Crippen LogP contribution is 2.32. The standard InChI is InChI=1S/C23H20N2O4/c24-13-15-3-1-4-17(9-15)19-11-16(10-18-6-8-28-23(18)19)14-29-21-5-2-7-25-20(21)12-22(26)27/h1-11H,12-14,24H2,(H,26,27). The van der Waals surface area contributed by atoms with Crippen molar-refractivity contribution < 1.29 is 19.1 Å². The lowest BCUT2D eigenvalue weighted by Gasteiger charge is -2.12. The van der Waals surface area contributed by atoms with Gasteiger partial charge in [-0.3, -0.25) is 9.78 Å². The lowest BCUT2D eigenvalue weighted by atomic mass is 9.99. The molecule has 2 heterocycles. The molecule has 29 heavy (non-hydrogen) atoms. The molecule has 0 aliphatic carbocycles. The van der Waals surface area contributed by atoms with E-state index in [2.05, 4.69) is 4.98 Å². The second-order valence-electron chi connectivity index (χ2n) is 6.69. The number of carboxylic acid groups (broad SMARTS) is 1. The van der Waals surface area contributed by atoms with E-state index in [1.54, 1.807) is 24.6 Å². The van der Waals surface area contributed by atoms with Crippen LogP contribution in [0.4, 0.5) is 0 Å². The van der Waals surface area contributed by atoms with Gasteiger partial charge in [-0.25, -0.2) is 0 Å². The lowest BCUT2D eigenvalue weighted by Crippen LogP contribution is -2.06. The summed E-state index contributed by atoms with van der Waals surface area (Å²) in [5, 5.41) is 10.0. The maximum absolute atomic E-state index is 11.1. The quantitative estimate of drug-likeness (QED) is 0.493. The van der Waals surface area contributed by atoms with E-state index in [-0.39, 0.29) is 13.0 Å². The highest BCUT2D eigenvalue weighted by atomic mass is 16.5. The molecule has 0 saturated heterocycles. The molecule has 0 fully saturated rings. The summed E-state index contributed by atoms with van der Waals surface area (Å²) in [6, 6.07) is 17.4. The van der Waals surface area contributed by atoms with Gasteiger partial charge in [0, 0.05) is 23.7 Å². The number of benzene rings is 2. The first-order valence-electron chi connectivity index (χ1n) is 9.22. The first-order chi connectivity index (χ1) is 14.1. The third-order valence-electron chi connectivity index (χ3n) is 4.65. The molecular formula is C23H20N2O4. The topological polar surface area (TPSA) is 98.6 Å². The van der Waals surface area contributed by atoms with Gasteiger partial charge >= 0.3 is 5.97 Å². The number of nitrogens with two attached hydrogens (primary N) is 1. The van der Waals surface area contributed by atoms with Crippen molar-refractivity contribution in [3.8, 4) is 16.9 Å². The van der Waals surface area contributed by atoms with Gasteiger partial charge in [-0.05, 0) is 53.1 Å². The van der Waals surface area contributed by atoms with Gasteiger partial charge in [0.2, 0.25) is 0 Å². The van der Waals surface area contributed by atoms with E-state index in [9.17, 15) is 4.79 Å². The van der Waals surface area contributed by atoms with Crippen LogP contribution in [0.5, 0.6) is 5.75 Å². The van der Waals surface area contributed by atoms with Crippen molar-refractivity contribution in [1.29, 1.82) is 0 Å². The largest absolute Gasteiger partial charge is 0.487 e. The molecule has 3 N–H and O–H groups in total. The first kappa shape index (κ1) is 18.7. The molecule has 4 aromatic rings. The highest BCUT2D eigenvalue weighted by Gasteiger charge is 2.13. The summed E-state index contributed by atoms with van der Waals surface area (Å²) in [6.45, 7) is 0.744. The Labute approximate surface area is 167 Å². The van der Waals surface area contributed by atoms with Crippen LogP contribution in [0.25, 0.3) is 22.1 Å². The van der Waals surface area contributed by atoms with E-state index in [4.69, 9.17) is 20.0 Å². The molecule has 0 amide bonds. The molecule has 4 rings (SSSR count). The lowest BCUT2D eigenvalue weighted by molar-refractivity contribution is -0.136. The van der Waals surface area contributed by atoms with Crippen LogP contribution in [0, 0.1) is 0 Å². The Kier molecular flexibility index (Phi) is 5.27. The summed E-state index contributed by atoms with van der Waals surface area (Å²) < 4.78 is 11.6. The van der Waals surface area contributed by atoms with Crippen LogP contribution in [0.3, 0.4) is 0 Å². The number of carbonyl (C=O) groups is 1. The van der Waals surface area contributed by atoms with Crippen molar-refractivity contribution in [2.24, 2.45) is 5.73 Å². The number of aromatic nitrogens is 1. The zero-order valence-corrected chi connectivity index (χ0v) is 15.7. The van der Waals surface area contributed by atoms with Crippen LogP contribution in [-0.2, 0) is 24.4 Å². The number of carboxylic acids is 1. The molecule has 0 saturated carbocycles. The van der Waals surface area contributed by atoms with E-state index >= 15 is 0 Å². The average molecular weight is 388 g/mol. The van der Waals surface area contributed by atoms with Crippen molar-refractivity contribution in [3.05, 3.63) is 83.9 Å². The summed E-state index contributed by atoms with van der Waals surface area (Å²) >= 11 is 0. The third-order valence-corrected chi connectivity index (χ3v) is 4.65. The van der Waals surface area contributed by atoms with Crippen LogP contribution in [0.15, 0.2) is 71.5 Å². The van der Waals surface area contributed by atoms with Gasteiger partial charge in [0.1, 0.15) is 17.9 Å². The predicted octanol–water partition coefficient (Wildman–Crippen LogP) is 4.16. The average Bonchev–Trinajstić information content (AvgIpc) is 3.21. The van der Waals surface area contributed by atoms with Crippen molar-refractivity contribution in [3.63, 3.8) is 0 Å². The van der Waals surface area contributed by atoms with Crippen molar-refractivity contribution >= 4 is 16.9 Å². The van der Waals surface area contributed by atoms with Crippen molar-refractivity contribution in [1.82, 2.24) is 4.98 Å². The van der Waals surface area contributed by atoms with Crippen LogP contribution in [0.2, 0.25) is 0 Å². The van der Waals surface area contributed by atoms with E-state index < -0.39 is 5.97 Å². The molecule has 0 aliphatic heterocycles. The molecule has 2 aromatic carbocycles. The maximum atomic E-state index is 11.1. The van der Waals surface area contributed by atoms with Gasteiger partial charge in [-0.15, -0.1) is 0 Å². The minimum absolute atomic E-state index is 0.186. The van der Waals surface area contributed by atoms with Gasteiger partial charge in [-0.1, -0.05) is 18.2 Å². The number of rotatable bonds is 7. The van der Waals surface area contributed by atoms with Crippen LogP contribution in [0.1, 0.15) is 16.8 Å². The zero-order chi connectivity index (χ0) is 20.2. The Morgan fingerprint density at radius 2 is 2.00 bits per heavy atom. The number of ether oxygens (including phenoxy) is 1. The van der Waals surface area contributed by atoms with Crippen LogP contribution < -0.4 is 10.5 Å². The minimum atomic E-state index is -0.949. The van der Waals surface area contributed by atoms with Crippen LogP contribution >= 0.6 is 0 Å². The molecule has 6 nitrogen and oxygen atoms in total. The summed E-state index contributed by atoms with van der Waals surface area (Å²) in [5.74, 6) is -0.482. The molecule has 0 aliphatic rings. The zero-order valence-electron chi connectivity index (χ0n) is 15.7. The number of hydrogen-bond acceptors (Lipinski definition) is 5. The highest BCUT2D eigenvalue weighted by molar-refractivity contribution is 5.93.